The first-order chi connectivity index (χ1) is 27.4. The highest BCUT2D eigenvalue weighted by molar-refractivity contribution is 5.88. The van der Waals surface area contributed by atoms with Crippen molar-refractivity contribution in [2.75, 3.05) is 0 Å². The van der Waals surface area contributed by atoms with E-state index in [2.05, 4.69) is 97.1 Å². The molecule has 8 fully saturated rings. The normalized spacial score (nSPS) is 30.8. The number of rotatable bonds is 6. The lowest BCUT2D eigenvalue weighted by molar-refractivity contribution is -0.00530. The molecule has 0 spiro atoms. The number of hydrogen-bond acceptors (Lipinski definition) is 4. The van der Waals surface area contributed by atoms with Crippen molar-refractivity contribution in [1.29, 1.82) is 5.26 Å². The topological polar surface area (TPSA) is 62.5 Å². The summed E-state index contributed by atoms with van der Waals surface area (Å²) in [6.45, 7) is 0. The van der Waals surface area contributed by atoms with Crippen LogP contribution in [0.3, 0.4) is 0 Å². The molecule has 8 aliphatic carbocycles. The van der Waals surface area contributed by atoms with Gasteiger partial charge in [-0.2, -0.15) is 5.26 Å². The van der Waals surface area contributed by atoms with E-state index in [0.717, 1.165) is 85.7 Å². The molecular formula is C52H48N4. The highest BCUT2D eigenvalue weighted by atomic mass is 15.0. The summed E-state index contributed by atoms with van der Waals surface area (Å²) in [7, 11) is 0. The minimum absolute atomic E-state index is 0.369. The van der Waals surface area contributed by atoms with Crippen LogP contribution in [-0.4, -0.2) is 15.0 Å². The zero-order valence-corrected chi connectivity index (χ0v) is 32.1. The van der Waals surface area contributed by atoms with E-state index >= 15 is 0 Å². The van der Waals surface area contributed by atoms with E-state index < -0.39 is 0 Å². The Labute approximate surface area is 330 Å². The van der Waals surface area contributed by atoms with E-state index in [1.807, 2.05) is 18.2 Å². The van der Waals surface area contributed by atoms with E-state index in [4.69, 9.17) is 15.0 Å². The van der Waals surface area contributed by atoms with Crippen LogP contribution in [0.1, 0.15) is 93.7 Å². The molecule has 0 radical (unpaired) electrons. The van der Waals surface area contributed by atoms with Crippen LogP contribution in [0.4, 0.5) is 0 Å². The Balaban J connectivity index is 0.896. The molecule has 0 unspecified atom stereocenters. The van der Waals surface area contributed by atoms with Gasteiger partial charge in [-0.3, -0.25) is 0 Å². The van der Waals surface area contributed by atoms with Crippen LogP contribution in [0, 0.1) is 46.8 Å². The minimum Gasteiger partial charge on any atom is -0.208 e. The monoisotopic (exact) mass is 728 g/mol. The molecule has 276 valence electrons. The summed E-state index contributed by atoms with van der Waals surface area (Å²) in [5.41, 5.74) is 9.85. The van der Waals surface area contributed by atoms with Gasteiger partial charge in [-0.1, -0.05) is 91.0 Å². The first-order valence-electron chi connectivity index (χ1n) is 21.5. The number of nitriles is 1. The quantitative estimate of drug-likeness (QED) is 0.171. The maximum Gasteiger partial charge on any atom is 0.164 e. The van der Waals surface area contributed by atoms with Gasteiger partial charge in [0.05, 0.1) is 11.6 Å². The second-order valence-electron chi connectivity index (χ2n) is 19.3. The Hall–Kier alpha value is -5.14. The summed E-state index contributed by atoms with van der Waals surface area (Å²) < 4.78 is 0. The molecule has 1 aromatic heterocycles. The summed E-state index contributed by atoms with van der Waals surface area (Å²) in [5.74, 6) is 7.73. The van der Waals surface area contributed by atoms with Crippen molar-refractivity contribution in [2.45, 2.75) is 87.9 Å². The van der Waals surface area contributed by atoms with Crippen LogP contribution in [0.5, 0.6) is 0 Å². The van der Waals surface area contributed by atoms with Gasteiger partial charge in [0, 0.05) is 16.7 Å². The molecule has 4 nitrogen and oxygen atoms in total. The molecule has 0 N–H and O–H groups in total. The third kappa shape index (κ3) is 5.48. The number of hydrogen-bond donors (Lipinski definition) is 0. The summed E-state index contributed by atoms with van der Waals surface area (Å²) in [6.07, 6.45) is 17.0. The van der Waals surface area contributed by atoms with Crippen LogP contribution >= 0.6 is 0 Å². The molecule has 6 aromatic rings. The van der Waals surface area contributed by atoms with Gasteiger partial charge in [-0.25, -0.2) is 15.0 Å². The van der Waals surface area contributed by atoms with Gasteiger partial charge in [-0.15, -0.1) is 0 Å². The Morgan fingerprint density at radius 2 is 0.732 bits per heavy atom. The number of benzene rings is 5. The summed E-state index contributed by atoms with van der Waals surface area (Å²) in [4.78, 5) is 15.6. The van der Waals surface area contributed by atoms with Gasteiger partial charge >= 0.3 is 0 Å². The first kappa shape index (κ1) is 33.0. The fourth-order valence-corrected chi connectivity index (χ4v) is 13.9. The Bertz CT molecular complexity index is 2360. The third-order valence-electron chi connectivity index (χ3n) is 15.7. The molecule has 4 heteroatoms. The van der Waals surface area contributed by atoms with Crippen LogP contribution in [0.2, 0.25) is 0 Å². The molecule has 0 atom stereocenters. The van der Waals surface area contributed by atoms with Crippen LogP contribution < -0.4 is 0 Å². The van der Waals surface area contributed by atoms with Gasteiger partial charge in [0.1, 0.15) is 0 Å². The predicted molar refractivity (Wildman–Crippen MR) is 223 cm³/mol. The van der Waals surface area contributed by atoms with Gasteiger partial charge < -0.3 is 0 Å². The molecular weight excluding hydrogens is 681 g/mol. The largest absolute Gasteiger partial charge is 0.208 e. The molecule has 1 heterocycles. The molecule has 14 rings (SSSR count). The van der Waals surface area contributed by atoms with Crippen LogP contribution in [-0.2, 0) is 10.8 Å². The van der Waals surface area contributed by atoms with Crippen molar-refractivity contribution >= 4 is 10.8 Å². The fourth-order valence-electron chi connectivity index (χ4n) is 13.9. The lowest BCUT2D eigenvalue weighted by atomic mass is 9.48. The maximum atomic E-state index is 9.34. The number of aromatic nitrogens is 3. The molecule has 8 saturated carbocycles. The van der Waals surface area contributed by atoms with Gasteiger partial charge in [0.2, 0.25) is 0 Å². The zero-order valence-electron chi connectivity index (χ0n) is 32.1. The van der Waals surface area contributed by atoms with Crippen molar-refractivity contribution in [3.63, 3.8) is 0 Å². The van der Waals surface area contributed by atoms with E-state index in [9.17, 15) is 5.26 Å². The number of nitrogens with zero attached hydrogens (tertiary/aromatic N) is 4. The van der Waals surface area contributed by atoms with Crippen molar-refractivity contribution in [2.24, 2.45) is 35.5 Å². The molecule has 8 aliphatic rings. The highest BCUT2D eigenvalue weighted by Crippen LogP contribution is 2.62. The van der Waals surface area contributed by atoms with Gasteiger partial charge in [0.25, 0.3) is 0 Å². The average Bonchev–Trinajstić information content (AvgIpc) is 3.22. The molecule has 56 heavy (non-hydrogen) atoms. The third-order valence-corrected chi connectivity index (χ3v) is 15.7. The minimum atomic E-state index is 0.369. The summed E-state index contributed by atoms with van der Waals surface area (Å²) >= 11 is 0. The molecule has 0 saturated heterocycles. The van der Waals surface area contributed by atoms with Gasteiger partial charge in [0.15, 0.2) is 17.5 Å². The van der Waals surface area contributed by atoms with Crippen LogP contribution in [0.15, 0.2) is 109 Å². The SMILES string of the molecule is N#Cc1ccc2cc(-c3ccc(-c4nc(-c5ccc(C67CC8C[C@H](C6)C[C@@H](C8)C7)cc5)nc(-c5ccc(C67C[C@H]8C[C@H](C6)C[C@@H](C7)C8)cc5)n4)cc3)ccc2c1. The molecule has 0 amide bonds. The van der Waals surface area contributed by atoms with E-state index in [-0.39, 0.29) is 0 Å². The van der Waals surface area contributed by atoms with Crippen molar-refractivity contribution < 1.29 is 0 Å². The number of fused-ring (bicyclic) bond motifs is 1. The average molecular weight is 729 g/mol. The molecule has 8 bridgehead atoms. The smallest absolute Gasteiger partial charge is 0.164 e. The van der Waals surface area contributed by atoms with Crippen molar-refractivity contribution in [3.8, 4) is 51.4 Å². The van der Waals surface area contributed by atoms with E-state index in [0.29, 0.717) is 22.2 Å². The predicted octanol–water partition coefficient (Wildman–Crippen LogP) is 12.5. The van der Waals surface area contributed by atoms with Crippen molar-refractivity contribution in [3.05, 3.63) is 126 Å². The second kappa shape index (κ2) is 12.4. The van der Waals surface area contributed by atoms with Gasteiger partial charge in [-0.05, 0) is 175 Å². The second-order valence-corrected chi connectivity index (χ2v) is 19.3. The zero-order chi connectivity index (χ0) is 37.0. The van der Waals surface area contributed by atoms with Crippen LogP contribution in [0.25, 0.3) is 56.1 Å². The first-order valence-corrected chi connectivity index (χ1v) is 21.5. The fraction of sp³-hybridized carbons (Fsp3) is 0.385. The van der Waals surface area contributed by atoms with E-state index in [1.165, 1.54) is 88.2 Å². The Morgan fingerprint density at radius 1 is 0.393 bits per heavy atom. The standard InChI is InChI=1S/C52H48N4/c53-31-32-1-2-45-24-44(8-7-43(45)23-32)39-3-5-40(6-4-39)48-54-49(41-9-13-46(14-10-41)51-25-33-17-34(26-51)19-35(18-33)27-51)56-50(55-48)42-11-15-47(16-12-42)52-28-36-20-37(29-52)22-38(21-36)30-52/h1-16,23-24,33-38H,17-22,25-30H2/t33-,34-,35-,36-,37+,38?,51?,52?. The van der Waals surface area contributed by atoms with E-state index in [1.54, 1.807) is 0 Å². The molecule has 0 aliphatic heterocycles. The Kier molecular flexibility index (Phi) is 7.33. The highest BCUT2D eigenvalue weighted by Gasteiger charge is 2.52. The lowest BCUT2D eigenvalue weighted by Gasteiger charge is -2.57. The summed E-state index contributed by atoms with van der Waals surface area (Å²) in [5, 5.41) is 11.5. The maximum absolute atomic E-state index is 9.34. The molecule has 5 aromatic carbocycles. The lowest BCUT2D eigenvalue weighted by Crippen LogP contribution is -2.48. The Morgan fingerprint density at radius 3 is 1.14 bits per heavy atom. The summed E-state index contributed by atoms with van der Waals surface area (Å²) in [6, 6.07) is 42.0. The van der Waals surface area contributed by atoms with Crippen molar-refractivity contribution in [1.82, 2.24) is 15.0 Å².